The van der Waals surface area contributed by atoms with E-state index in [1.165, 1.54) is 7.05 Å². The smallest absolute Gasteiger partial charge is 0.279 e. The second-order valence-electron chi connectivity index (χ2n) is 5.70. The average molecular weight is 356 g/mol. The summed E-state index contributed by atoms with van der Waals surface area (Å²) >= 11 is 0. The molecule has 1 N–H and O–H groups in total. The zero-order valence-electron chi connectivity index (χ0n) is 14.1. The van der Waals surface area contributed by atoms with Crippen molar-refractivity contribution in [1.82, 2.24) is 13.9 Å². The molecule has 1 aliphatic heterocycles. The van der Waals surface area contributed by atoms with Gasteiger partial charge in [0, 0.05) is 39.6 Å². The Balaban J connectivity index is 2.06. The van der Waals surface area contributed by atoms with Gasteiger partial charge in [-0.1, -0.05) is 0 Å². The Kier molecular flexibility index (Phi) is 6.77. The highest BCUT2D eigenvalue weighted by atomic mass is 32.2. The molecule has 0 aromatic carbocycles. The lowest BCUT2D eigenvalue weighted by molar-refractivity contribution is 0.0126. The van der Waals surface area contributed by atoms with Crippen LogP contribution in [0, 0.1) is 18.3 Å². The van der Waals surface area contributed by atoms with E-state index in [1.807, 2.05) is 25.1 Å². The van der Waals surface area contributed by atoms with Crippen molar-refractivity contribution >= 4 is 10.2 Å². The molecule has 0 amide bonds. The molecule has 1 aromatic rings. The second-order valence-corrected chi connectivity index (χ2v) is 7.56. The number of hydrogen-bond acceptors (Lipinski definition) is 6. The van der Waals surface area contributed by atoms with Crippen LogP contribution >= 0.6 is 0 Å². The monoisotopic (exact) mass is 356 g/mol. The Morgan fingerprint density at radius 2 is 2.12 bits per heavy atom. The second kappa shape index (κ2) is 8.60. The van der Waals surface area contributed by atoms with Crippen LogP contribution in [0.3, 0.4) is 0 Å². The summed E-state index contributed by atoms with van der Waals surface area (Å²) in [6.45, 7) is 4.89. The van der Waals surface area contributed by atoms with E-state index in [0.717, 1.165) is 28.9 Å². The summed E-state index contributed by atoms with van der Waals surface area (Å²) in [6, 6.07) is 5.50. The third-order valence-corrected chi connectivity index (χ3v) is 5.52. The summed E-state index contributed by atoms with van der Waals surface area (Å²) in [5.74, 6) is 1.52. The minimum atomic E-state index is -3.63. The summed E-state index contributed by atoms with van der Waals surface area (Å²) in [6.07, 6.45) is 0.154. The first-order valence-corrected chi connectivity index (χ1v) is 9.34. The van der Waals surface area contributed by atoms with Crippen LogP contribution in [-0.4, -0.2) is 64.1 Å². The molecule has 134 valence electrons. The van der Waals surface area contributed by atoms with E-state index in [4.69, 9.17) is 14.4 Å². The van der Waals surface area contributed by atoms with Gasteiger partial charge in [-0.2, -0.15) is 18.0 Å². The number of ether oxygens (including phenoxy) is 1. The summed E-state index contributed by atoms with van der Waals surface area (Å²) in [5.41, 5.74) is 0. The Bertz CT molecular complexity index is 661. The molecular weight excluding hydrogens is 332 g/mol. The van der Waals surface area contributed by atoms with E-state index in [9.17, 15) is 8.42 Å². The van der Waals surface area contributed by atoms with Crippen molar-refractivity contribution in [3.05, 3.63) is 23.7 Å². The largest absolute Gasteiger partial charge is 0.465 e. The lowest BCUT2D eigenvalue weighted by Gasteiger charge is -2.33. The van der Waals surface area contributed by atoms with Crippen LogP contribution in [-0.2, 0) is 14.9 Å². The highest BCUT2D eigenvalue weighted by Crippen LogP contribution is 2.23. The number of aryl methyl sites for hydroxylation is 1. The molecule has 0 saturated carbocycles. The van der Waals surface area contributed by atoms with E-state index in [1.54, 1.807) is 0 Å². The van der Waals surface area contributed by atoms with Gasteiger partial charge in [0.25, 0.3) is 10.2 Å². The minimum Gasteiger partial charge on any atom is -0.465 e. The van der Waals surface area contributed by atoms with Gasteiger partial charge in [-0.3, -0.25) is 4.90 Å². The Morgan fingerprint density at radius 1 is 1.42 bits per heavy atom. The van der Waals surface area contributed by atoms with Crippen molar-refractivity contribution in [2.75, 3.05) is 46.4 Å². The van der Waals surface area contributed by atoms with Gasteiger partial charge >= 0.3 is 0 Å². The third kappa shape index (κ3) is 5.03. The van der Waals surface area contributed by atoms with Gasteiger partial charge in [0.1, 0.15) is 11.5 Å². The lowest BCUT2D eigenvalue weighted by atomic mass is 10.2. The van der Waals surface area contributed by atoms with Crippen molar-refractivity contribution in [1.29, 1.82) is 5.26 Å². The minimum absolute atomic E-state index is 0.154. The zero-order valence-corrected chi connectivity index (χ0v) is 14.9. The number of rotatable bonds is 8. The Morgan fingerprint density at radius 3 is 2.71 bits per heavy atom. The molecule has 1 unspecified atom stereocenters. The molecule has 0 radical (unpaired) electrons. The van der Waals surface area contributed by atoms with Crippen molar-refractivity contribution in [3.63, 3.8) is 0 Å². The quantitative estimate of drug-likeness (QED) is 0.734. The maximum atomic E-state index is 12.3. The SMILES string of the molecule is Cc1ccc(C(CNS(=O)(=O)N(C)CCC#N)N2CCOCC2)o1. The van der Waals surface area contributed by atoms with Crippen molar-refractivity contribution in [2.45, 2.75) is 19.4 Å². The van der Waals surface area contributed by atoms with Gasteiger partial charge < -0.3 is 9.15 Å². The molecule has 0 spiro atoms. The summed E-state index contributed by atoms with van der Waals surface area (Å²) in [5, 5.41) is 8.60. The molecular formula is C15H24N4O4S. The van der Waals surface area contributed by atoms with E-state index >= 15 is 0 Å². The maximum Gasteiger partial charge on any atom is 0.279 e. The zero-order chi connectivity index (χ0) is 17.6. The predicted octanol–water partition coefficient (Wildman–Crippen LogP) is 0.641. The highest BCUT2D eigenvalue weighted by Gasteiger charge is 2.27. The molecule has 2 heterocycles. The van der Waals surface area contributed by atoms with Gasteiger partial charge in [-0.05, 0) is 19.1 Å². The summed E-state index contributed by atoms with van der Waals surface area (Å²) in [7, 11) is -2.18. The fourth-order valence-corrected chi connectivity index (χ4v) is 3.47. The normalized spacial score (nSPS) is 17.8. The number of nitrogens with one attached hydrogen (secondary N) is 1. The van der Waals surface area contributed by atoms with Crippen molar-refractivity contribution in [2.24, 2.45) is 0 Å². The molecule has 0 aliphatic carbocycles. The molecule has 2 rings (SSSR count). The fourth-order valence-electron chi connectivity index (χ4n) is 2.55. The van der Waals surface area contributed by atoms with Crippen LogP contribution in [0.25, 0.3) is 0 Å². The molecule has 1 aliphatic rings. The van der Waals surface area contributed by atoms with Gasteiger partial charge in [0.2, 0.25) is 0 Å². The molecule has 1 saturated heterocycles. The number of furan rings is 1. The molecule has 0 bridgehead atoms. The van der Waals surface area contributed by atoms with Gasteiger partial charge in [-0.25, -0.2) is 4.72 Å². The van der Waals surface area contributed by atoms with E-state index < -0.39 is 10.2 Å². The van der Waals surface area contributed by atoms with E-state index in [2.05, 4.69) is 9.62 Å². The third-order valence-electron chi connectivity index (χ3n) is 3.98. The van der Waals surface area contributed by atoms with Gasteiger partial charge in [0.15, 0.2) is 0 Å². The fraction of sp³-hybridized carbons (Fsp3) is 0.667. The Hall–Kier alpha value is -1.44. The molecule has 8 nitrogen and oxygen atoms in total. The first kappa shape index (κ1) is 18.9. The number of nitrogens with zero attached hydrogens (tertiary/aromatic N) is 3. The first-order valence-electron chi connectivity index (χ1n) is 7.90. The van der Waals surface area contributed by atoms with Crippen LogP contribution in [0.1, 0.15) is 24.0 Å². The number of hydrogen-bond donors (Lipinski definition) is 1. The summed E-state index contributed by atoms with van der Waals surface area (Å²) < 4.78 is 39.4. The van der Waals surface area contributed by atoms with Gasteiger partial charge in [-0.15, -0.1) is 0 Å². The molecule has 9 heteroatoms. The highest BCUT2D eigenvalue weighted by molar-refractivity contribution is 7.87. The van der Waals surface area contributed by atoms with E-state index in [0.29, 0.717) is 13.2 Å². The van der Waals surface area contributed by atoms with Crippen LogP contribution in [0.2, 0.25) is 0 Å². The molecule has 1 atom stereocenters. The average Bonchev–Trinajstić information content (AvgIpc) is 2.99. The lowest BCUT2D eigenvalue weighted by Crippen LogP contribution is -2.46. The molecule has 24 heavy (non-hydrogen) atoms. The Labute approximate surface area is 143 Å². The summed E-state index contributed by atoms with van der Waals surface area (Å²) in [4.78, 5) is 2.15. The first-order chi connectivity index (χ1) is 11.4. The van der Waals surface area contributed by atoms with Crippen LogP contribution in [0.15, 0.2) is 16.5 Å². The molecule has 1 aromatic heterocycles. The topological polar surface area (TPSA) is 98.8 Å². The molecule has 1 fully saturated rings. The van der Waals surface area contributed by atoms with Crippen LogP contribution in [0.4, 0.5) is 0 Å². The van der Waals surface area contributed by atoms with Crippen molar-refractivity contribution in [3.8, 4) is 6.07 Å². The van der Waals surface area contributed by atoms with E-state index in [-0.39, 0.29) is 25.6 Å². The van der Waals surface area contributed by atoms with Crippen molar-refractivity contribution < 1.29 is 17.6 Å². The predicted molar refractivity (Wildman–Crippen MR) is 88.4 cm³/mol. The van der Waals surface area contributed by atoms with Crippen LogP contribution in [0.5, 0.6) is 0 Å². The number of nitriles is 1. The number of morpholine rings is 1. The van der Waals surface area contributed by atoms with Gasteiger partial charge in [0.05, 0.1) is 25.3 Å². The standard InChI is InChI=1S/C15H24N4O4S/c1-13-4-5-15(23-13)14(19-8-10-22-11-9-19)12-17-24(20,21)18(2)7-3-6-16/h4-5,14,17H,3,7-12H2,1-2H3. The van der Waals surface area contributed by atoms with Crippen LogP contribution < -0.4 is 4.72 Å². The maximum absolute atomic E-state index is 12.3.